The summed E-state index contributed by atoms with van der Waals surface area (Å²) in [5.41, 5.74) is 1.31. The van der Waals surface area contributed by atoms with Gasteiger partial charge in [0.15, 0.2) is 0 Å². The molecule has 0 aromatic carbocycles. The van der Waals surface area contributed by atoms with E-state index in [-0.39, 0.29) is 0 Å². The van der Waals surface area contributed by atoms with Gasteiger partial charge in [0.1, 0.15) is 5.82 Å². The van der Waals surface area contributed by atoms with Crippen LogP contribution in [-0.4, -0.2) is 42.7 Å². The molecular weight excluding hydrogens is 226 g/mol. The van der Waals surface area contributed by atoms with Crippen LogP contribution < -0.4 is 5.32 Å². The second-order valence-corrected chi connectivity index (χ2v) is 4.79. The van der Waals surface area contributed by atoms with Crippen molar-refractivity contribution in [1.29, 1.82) is 0 Å². The van der Waals surface area contributed by atoms with E-state index in [0.717, 1.165) is 44.9 Å². The van der Waals surface area contributed by atoms with Gasteiger partial charge in [-0.2, -0.15) is 0 Å². The van der Waals surface area contributed by atoms with Gasteiger partial charge in [0.25, 0.3) is 0 Å². The zero-order chi connectivity index (χ0) is 12.8. The Bertz CT molecular complexity index is 370. The minimum absolute atomic E-state index is 0.387. The fraction of sp³-hybridized carbons (Fsp3) is 0.643. The molecule has 1 unspecified atom stereocenters. The fourth-order valence-corrected chi connectivity index (χ4v) is 2.33. The number of pyridine rings is 1. The molecule has 1 atom stereocenters. The minimum Gasteiger partial charge on any atom is -0.377 e. The maximum Gasteiger partial charge on any atom is 0.125 e. The normalized spacial score (nSPS) is 21.6. The second-order valence-electron chi connectivity index (χ2n) is 4.79. The van der Waals surface area contributed by atoms with Gasteiger partial charge in [-0.05, 0) is 30.5 Å². The lowest BCUT2D eigenvalue weighted by Gasteiger charge is -2.23. The Morgan fingerprint density at radius 3 is 3.22 bits per heavy atom. The van der Waals surface area contributed by atoms with E-state index >= 15 is 0 Å². The van der Waals surface area contributed by atoms with Crippen LogP contribution in [0.4, 0.5) is 5.82 Å². The summed E-state index contributed by atoms with van der Waals surface area (Å²) in [5.74, 6) is 0.936. The first-order valence-corrected chi connectivity index (χ1v) is 6.78. The average Bonchev–Trinajstić information content (AvgIpc) is 2.64. The van der Waals surface area contributed by atoms with Gasteiger partial charge < -0.3 is 10.1 Å². The molecule has 1 saturated heterocycles. The van der Waals surface area contributed by atoms with Crippen molar-refractivity contribution in [2.45, 2.75) is 32.4 Å². The molecule has 1 aromatic rings. The van der Waals surface area contributed by atoms with Crippen molar-refractivity contribution in [2.24, 2.45) is 0 Å². The van der Waals surface area contributed by atoms with Gasteiger partial charge in [0, 0.05) is 39.5 Å². The Labute approximate surface area is 109 Å². The second kappa shape index (κ2) is 6.71. The van der Waals surface area contributed by atoms with Gasteiger partial charge in [0.05, 0.1) is 6.10 Å². The largest absolute Gasteiger partial charge is 0.377 e. The predicted molar refractivity (Wildman–Crippen MR) is 73.7 cm³/mol. The van der Waals surface area contributed by atoms with Crippen molar-refractivity contribution < 1.29 is 4.74 Å². The summed E-state index contributed by atoms with van der Waals surface area (Å²) in [4.78, 5) is 6.73. The molecule has 0 radical (unpaired) electrons. The molecule has 0 amide bonds. The first kappa shape index (κ1) is 13.3. The molecule has 100 valence electrons. The minimum atomic E-state index is 0.387. The van der Waals surface area contributed by atoms with E-state index in [2.05, 4.69) is 34.3 Å². The van der Waals surface area contributed by atoms with E-state index in [1.165, 1.54) is 5.56 Å². The highest BCUT2D eigenvalue weighted by Crippen LogP contribution is 2.14. The predicted octanol–water partition coefficient (Wildman–Crippen LogP) is 2.12. The molecule has 1 aliphatic rings. The van der Waals surface area contributed by atoms with E-state index in [1.807, 2.05) is 13.2 Å². The summed E-state index contributed by atoms with van der Waals surface area (Å²) < 4.78 is 5.80. The summed E-state index contributed by atoms with van der Waals surface area (Å²) in [7, 11) is 1.90. The van der Waals surface area contributed by atoms with E-state index in [0.29, 0.717) is 6.10 Å². The van der Waals surface area contributed by atoms with Crippen LogP contribution in [0.1, 0.15) is 25.3 Å². The smallest absolute Gasteiger partial charge is 0.125 e. The van der Waals surface area contributed by atoms with Crippen molar-refractivity contribution in [3.05, 3.63) is 23.9 Å². The number of aromatic nitrogens is 1. The van der Waals surface area contributed by atoms with E-state index < -0.39 is 0 Å². The third kappa shape index (κ3) is 3.68. The van der Waals surface area contributed by atoms with Gasteiger partial charge in [-0.3, -0.25) is 4.90 Å². The Hall–Kier alpha value is -1.13. The summed E-state index contributed by atoms with van der Waals surface area (Å²) in [6, 6.07) is 4.21. The summed E-state index contributed by atoms with van der Waals surface area (Å²) in [5, 5.41) is 3.08. The molecule has 1 aliphatic heterocycles. The number of rotatable bonds is 4. The zero-order valence-corrected chi connectivity index (χ0v) is 11.4. The van der Waals surface area contributed by atoms with Crippen molar-refractivity contribution in [3.63, 3.8) is 0 Å². The molecule has 4 heteroatoms. The molecule has 2 rings (SSSR count). The average molecular weight is 249 g/mol. The quantitative estimate of drug-likeness (QED) is 0.887. The third-order valence-electron chi connectivity index (χ3n) is 3.38. The lowest BCUT2D eigenvalue weighted by atomic mass is 10.2. The van der Waals surface area contributed by atoms with Crippen LogP contribution >= 0.6 is 0 Å². The Kier molecular flexibility index (Phi) is 4.96. The molecular formula is C14H23N3O. The van der Waals surface area contributed by atoms with Gasteiger partial charge in [-0.15, -0.1) is 0 Å². The number of hydrogen-bond acceptors (Lipinski definition) is 4. The lowest BCUT2D eigenvalue weighted by molar-refractivity contribution is 0.0510. The van der Waals surface area contributed by atoms with Gasteiger partial charge in [-0.1, -0.05) is 6.92 Å². The zero-order valence-electron chi connectivity index (χ0n) is 11.4. The highest BCUT2D eigenvalue weighted by atomic mass is 16.5. The van der Waals surface area contributed by atoms with E-state index in [1.54, 1.807) is 0 Å². The Balaban J connectivity index is 1.98. The van der Waals surface area contributed by atoms with Crippen LogP contribution in [0.3, 0.4) is 0 Å². The summed E-state index contributed by atoms with van der Waals surface area (Å²) in [6.07, 6.45) is 4.47. The highest BCUT2D eigenvalue weighted by Gasteiger charge is 2.17. The molecule has 0 bridgehead atoms. The van der Waals surface area contributed by atoms with Gasteiger partial charge in [0.2, 0.25) is 0 Å². The lowest BCUT2D eigenvalue weighted by Crippen LogP contribution is -2.31. The topological polar surface area (TPSA) is 37.4 Å². The van der Waals surface area contributed by atoms with E-state index in [4.69, 9.17) is 4.74 Å². The SMILES string of the molecule is CCC1CN(Cc2ccnc(NC)c2)CCCO1. The van der Waals surface area contributed by atoms with Crippen LogP contribution in [0.5, 0.6) is 0 Å². The maximum absolute atomic E-state index is 5.80. The van der Waals surface area contributed by atoms with Gasteiger partial charge >= 0.3 is 0 Å². The van der Waals surface area contributed by atoms with Gasteiger partial charge in [-0.25, -0.2) is 4.98 Å². The first-order valence-electron chi connectivity index (χ1n) is 6.78. The standard InChI is InChI=1S/C14H23N3O/c1-3-13-11-17(7-4-8-18-13)10-12-5-6-16-14(9-12)15-2/h5-6,9,13H,3-4,7-8,10-11H2,1-2H3,(H,15,16). The molecule has 0 aliphatic carbocycles. The number of anilines is 1. The van der Waals surface area contributed by atoms with Crippen LogP contribution in [0.2, 0.25) is 0 Å². The van der Waals surface area contributed by atoms with Crippen LogP contribution in [0.15, 0.2) is 18.3 Å². The van der Waals surface area contributed by atoms with Crippen LogP contribution in [0.25, 0.3) is 0 Å². The molecule has 18 heavy (non-hydrogen) atoms. The molecule has 1 N–H and O–H groups in total. The summed E-state index contributed by atoms with van der Waals surface area (Å²) >= 11 is 0. The maximum atomic E-state index is 5.80. The third-order valence-corrected chi connectivity index (χ3v) is 3.38. The number of hydrogen-bond donors (Lipinski definition) is 1. The number of ether oxygens (including phenoxy) is 1. The van der Waals surface area contributed by atoms with Crippen molar-refractivity contribution in [1.82, 2.24) is 9.88 Å². The van der Waals surface area contributed by atoms with Crippen LogP contribution in [-0.2, 0) is 11.3 Å². The Morgan fingerprint density at radius 2 is 2.44 bits per heavy atom. The molecule has 2 heterocycles. The summed E-state index contributed by atoms with van der Waals surface area (Å²) in [6.45, 7) is 6.23. The first-order chi connectivity index (χ1) is 8.81. The van der Waals surface area contributed by atoms with Crippen molar-refractivity contribution in [2.75, 3.05) is 32.1 Å². The molecule has 0 saturated carbocycles. The fourth-order valence-electron chi connectivity index (χ4n) is 2.33. The van der Waals surface area contributed by atoms with E-state index in [9.17, 15) is 0 Å². The van der Waals surface area contributed by atoms with Crippen molar-refractivity contribution in [3.8, 4) is 0 Å². The molecule has 0 spiro atoms. The Morgan fingerprint density at radius 1 is 1.56 bits per heavy atom. The molecule has 1 aromatic heterocycles. The number of nitrogens with zero attached hydrogens (tertiary/aromatic N) is 2. The van der Waals surface area contributed by atoms with Crippen molar-refractivity contribution >= 4 is 5.82 Å². The molecule has 4 nitrogen and oxygen atoms in total. The highest BCUT2D eigenvalue weighted by molar-refractivity contribution is 5.36. The van der Waals surface area contributed by atoms with Crippen LogP contribution in [0, 0.1) is 0 Å². The monoisotopic (exact) mass is 249 g/mol. The molecule has 1 fully saturated rings. The number of nitrogens with one attached hydrogen (secondary N) is 1.